The van der Waals surface area contributed by atoms with Crippen molar-refractivity contribution in [3.05, 3.63) is 53.7 Å². The lowest BCUT2D eigenvalue weighted by Crippen LogP contribution is -2.03. The number of hydrogen-bond donors (Lipinski definition) is 2. The molecule has 0 amide bonds. The van der Waals surface area contributed by atoms with E-state index >= 15 is 0 Å². The number of nitrogens with zero attached hydrogens (tertiary/aromatic N) is 1. The van der Waals surface area contributed by atoms with Crippen LogP contribution in [0.5, 0.6) is 0 Å². The molecule has 2 heterocycles. The van der Waals surface area contributed by atoms with Gasteiger partial charge < -0.3 is 10.1 Å². The maximum absolute atomic E-state index is 14.7. The zero-order valence-electron chi connectivity index (χ0n) is 13.8. The second-order valence-corrected chi connectivity index (χ2v) is 9.43. The Labute approximate surface area is 153 Å². The summed E-state index contributed by atoms with van der Waals surface area (Å²) in [5, 5.41) is 10.5. The lowest BCUT2D eigenvalue weighted by Gasteiger charge is -2.09. The number of hydrogen-bond acceptors (Lipinski definition) is 4. The first-order valence-corrected chi connectivity index (χ1v) is 10.9. The summed E-state index contributed by atoms with van der Waals surface area (Å²) in [6.07, 6.45) is 4.75. The Hall–Kier alpha value is -1.73. The van der Waals surface area contributed by atoms with Gasteiger partial charge in [-0.25, -0.2) is 4.39 Å². The van der Waals surface area contributed by atoms with Crippen molar-refractivity contribution in [2.45, 2.75) is 42.8 Å². The average molecular weight is 378 g/mol. The molecule has 4 rings (SSSR count). The van der Waals surface area contributed by atoms with Gasteiger partial charge in [0, 0.05) is 34.7 Å². The monoisotopic (exact) mass is 377 g/mol. The van der Waals surface area contributed by atoms with Crippen LogP contribution in [0.2, 0.25) is 0 Å². The molecule has 1 fully saturated rings. The molecule has 7 heteroatoms. The van der Waals surface area contributed by atoms with Crippen molar-refractivity contribution in [2.24, 2.45) is 0 Å². The van der Waals surface area contributed by atoms with Gasteiger partial charge >= 0.3 is 0 Å². The van der Waals surface area contributed by atoms with Crippen LogP contribution in [0.4, 0.5) is 15.9 Å². The topological polar surface area (TPSA) is 49.9 Å². The summed E-state index contributed by atoms with van der Waals surface area (Å²) in [4.78, 5) is 0. The maximum atomic E-state index is 14.7. The molecule has 2 aliphatic rings. The molecule has 3 atom stereocenters. The Morgan fingerprint density at radius 1 is 1.40 bits per heavy atom. The summed E-state index contributed by atoms with van der Waals surface area (Å²) < 4.78 is 20.2. The molecule has 4 nitrogen and oxygen atoms in total. The summed E-state index contributed by atoms with van der Waals surface area (Å²) in [7, 11) is -0.162. The number of aromatic nitrogens is 2. The molecule has 2 N–H and O–H groups in total. The minimum atomic E-state index is -0.192. The van der Waals surface area contributed by atoms with Gasteiger partial charge in [-0.05, 0) is 30.9 Å². The van der Waals surface area contributed by atoms with E-state index in [0.29, 0.717) is 23.2 Å². The highest BCUT2D eigenvalue weighted by Crippen LogP contribution is 2.36. The van der Waals surface area contributed by atoms with Crippen LogP contribution in [0.25, 0.3) is 0 Å². The van der Waals surface area contributed by atoms with E-state index < -0.39 is 0 Å². The first-order chi connectivity index (χ1) is 12.1. The fraction of sp³-hybridized carbons (Fsp3) is 0.389. The Morgan fingerprint density at radius 2 is 2.28 bits per heavy atom. The van der Waals surface area contributed by atoms with Gasteiger partial charge in [0.15, 0.2) is 11.6 Å². The maximum Gasteiger partial charge on any atom is 0.152 e. The van der Waals surface area contributed by atoms with E-state index in [1.54, 1.807) is 6.07 Å². The number of nitrogens with one attached hydrogen (secondary N) is 2. The molecular formula is C18H20FN3OS2. The molecule has 1 saturated carbocycles. The van der Waals surface area contributed by atoms with Gasteiger partial charge in [0.25, 0.3) is 0 Å². The third kappa shape index (κ3) is 3.35. The van der Waals surface area contributed by atoms with E-state index in [1.807, 2.05) is 12.1 Å². The fourth-order valence-corrected chi connectivity index (χ4v) is 5.75. The van der Waals surface area contributed by atoms with Crippen molar-refractivity contribution in [3.8, 4) is 0 Å². The summed E-state index contributed by atoms with van der Waals surface area (Å²) >= 11 is 5.34. The standard InChI is InChI=1S/C18H20FN3OS2/c1-2-23-13-5-3-11(7-13)16-8-17(22-21-16)20-15-6-4-12-9-25(24)10-14(12)18(15)19/h2,4,6,8,11,13H,1,3,5,7,9-10H2,(H2,20,21,22). The van der Waals surface area contributed by atoms with Crippen LogP contribution in [0.1, 0.15) is 42.0 Å². The van der Waals surface area contributed by atoms with Crippen LogP contribution in [-0.4, -0.2) is 16.3 Å². The third-order valence-corrected chi connectivity index (χ3v) is 6.89. The number of benzene rings is 1. The van der Waals surface area contributed by atoms with Crippen molar-refractivity contribution < 1.29 is 9.13 Å². The number of rotatable bonds is 5. The van der Waals surface area contributed by atoms with Gasteiger partial charge in [-0.15, -0.1) is 9.45 Å². The zero-order valence-corrected chi connectivity index (χ0v) is 15.4. The second-order valence-electron chi connectivity index (χ2n) is 6.56. The van der Waals surface area contributed by atoms with Crippen molar-refractivity contribution in [2.75, 3.05) is 5.32 Å². The largest absolute Gasteiger partial charge is 0.499 e. The molecule has 1 aliphatic carbocycles. The van der Waals surface area contributed by atoms with E-state index in [1.165, 1.54) is 6.26 Å². The average Bonchev–Trinajstić information content (AvgIpc) is 3.30. The molecule has 0 bridgehead atoms. The molecule has 25 heavy (non-hydrogen) atoms. The van der Waals surface area contributed by atoms with E-state index in [0.717, 1.165) is 41.8 Å². The first-order valence-electron chi connectivity index (χ1n) is 8.38. The molecule has 132 valence electrons. The minimum absolute atomic E-state index is 0.162. The third-order valence-electron chi connectivity index (χ3n) is 4.94. The highest BCUT2D eigenvalue weighted by Gasteiger charge is 2.28. The van der Waals surface area contributed by atoms with Gasteiger partial charge in [-0.2, -0.15) is 5.10 Å². The number of ether oxygens (including phenoxy) is 1. The molecule has 1 aromatic heterocycles. The number of halogens is 1. The van der Waals surface area contributed by atoms with Crippen LogP contribution in [-0.2, 0) is 36.9 Å². The van der Waals surface area contributed by atoms with E-state index in [2.05, 4.69) is 22.1 Å². The van der Waals surface area contributed by atoms with Crippen LogP contribution in [0.3, 0.4) is 0 Å². The molecule has 0 saturated heterocycles. The Kier molecular flexibility index (Phi) is 4.60. The zero-order chi connectivity index (χ0) is 17.4. The Balaban J connectivity index is 1.48. The number of H-pyrrole nitrogens is 1. The smallest absolute Gasteiger partial charge is 0.152 e. The Bertz CT molecular complexity index is 836. The van der Waals surface area contributed by atoms with E-state index in [4.69, 9.17) is 15.9 Å². The summed E-state index contributed by atoms with van der Waals surface area (Å²) in [5.74, 6) is 2.30. The fourth-order valence-electron chi connectivity index (χ4n) is 3.66. The molecule has 0 radical (unpaired) electrons. The molecule has 0 spiro atoms. The summed E-state index contributed by atoms with van der Waals surface area (Å²) in [6.45, 7) is 3.62. The van der Waals surface area contributed by atoms with Gasteiger partial charge in [-0.1, -0.05) is 23.8 Å². The molecule has 2 aromatic rings. The number of anilines is 2. The van der Waals surface area contributed by atoms with Crippen LogP contribution >= 0.6 is 0 Å². The lowest BCUT2D eigenvalue weighted by atomic mass is 10.0. The van der Waals surface area contributed by atoms with Crippen LogP contribution < -0.4 is 5.32 Å². The van der Waals surface area contributed by atoms with Gasteiger partial charge in [-0.3, -0.25) is 5.10 Å². The van der Waals surface area contributed by atoms with Crippen molar-refractivity contribution in [3.63, 3.8) is 0 Å². The van der Waals surface area contributed by atoms with Gasteiger partial charge in [0.2, 0.25) is 0 Å². The molecule has 1 aromatic carbocycles. The second kappa shape index (κ2) is 6.88. The lowest BCUT2D eigenvalue weighted by molar-refractivity contribution is 0.150. The SMILES string of the molecule is C=COC1CCC(c2cc(Nc3ccc4c(c3F)CS(=S)C4)n[nH]2)C1. The van der Waals surface area contributed by atoms with Crippen LogP contribution in [0.15, 0.2) is 31.0 Å². The van der Waals surface area contributed by atoms with Crippen molar-refractivity contribution in [1.29, 1.82) is 0 Å². The van der Waals surface area contributed by atoms with Gasteiger partial charge in [0.05, 0.1) is 18.1 Å². The van der Waals surface area contributed by atoms with E-state index in [9.17, 15) is 4.39 Å². The number of fused-ring (bicyclic) bond motifs is 1. The quantitative estimate of drug-likeness (QED) is 0.768. The summed E-state index contributed by atoms with van der Waals surface area (Å²) in [6, 6.07) is 5.72. The highest BCUT2D eigenvalue weighted by atomic mass is 32.8. The van der Waals surface area contributed by atoms with Gasteiger partial charge in [0.1, 0.15) is 0 Å². The first kappa shape index (κ1) is 16.7. The summed E-state index contributed by atoms with van der Waals surface area (Å²) in [5.41, 5.74) is 3.33. The number of aromatic amines is 1. The molecular weight excluding hydrogens is 357 g/mol. The Morgan fingerprint density at radius 3 is 3.12 bits per heavy atom. The minimum Gasteiger partial charge on any atom is -0.499 e. The predicted molar refractivity (Wildman–Crippen MR) is 102 cm³/mol. The van der Waals surface area contributed by atoms with Crippen LogP contribution in [0, 0.1) is 5.82 Å². The molecule has 3 unspecified atom stereocenters. The van der Waals surface area contributed by atoms with Crippen molar-refractivity contribution >= 4 is 32.1 Å². The normalized spacial score (nSPS) is 24.9. The molecule has 1 aliphatic heterocycles. The highest BCUT2D eigenvalue weighted by molar-refractivity contribution is 8.28. The van der Waals surface area contributed by atoms with Crippen molar-refractivity contribution in [1.82, 2.24) is 10.2 Å². The predicted octanol–water partition coefficient (Wildman–Crippen LogP) is 4.18. The van der Waals surface area contributed by atoms with E-state index in [-0.39, 0.29) is 21.4 Å².